The molecule has 3 amide bonds. The minimum Gasteiger partial charge on any atom is -0.322 e. The van der Waals surface area contributed by atoms with Gasteiger partial charge in [-0.25, -0.2) is 4.79 Å². The van der Waals surface area contributed by atoms with Crippen LogP contribution in [0.3, 0.4) is 0 Å². The molecule has 106 valence electrons. The maximum absolute atomic E-state index is 12.4. The Bertz CT molecular complexity index is 665. The summed E-state index contributed by atoms with van der Waals surface area (Å²) in [6.07, 6.45) is 0. The van der Waals surface area contributed by atoms with Crippen LogP contribution in [0.15, 0.2) is 54.6 Å². The molecule has 1 unspecified atom stereocenters. The highest BCUT2D eigenvalue weighted by Crippen LogP contribution is 2.23. The summed E-state index contributed by atoms with van der Waals surface area (Å²) in [5.74, 6) is -0.201. The van der Waals surface area contributed by atoms with Gasteiger partial charge in [0.1, 0.15) is 6.04 Å². The summed E-state index contributed by atoms with van der Waals surface area (Å²) >= 11 is 0. The van der Waals surface area contributed by atoms with E-state index in [9.17, 15) is 9.59 Å². The smallest absolute Gasteiger partial charge is 0.322 e. The molecule has 1 heterocycles. The molecule has 0 aromatic heterocycles. The predicted molar refractivity (Wildman–Crippen MR) is 79.4 cm³/mol. The van der Waals surface area contributed by atoms with Gasteiger partial charge in [-0.3, -0.25) is 9.69 Å². The maximum atomic E-state index is 12.4. The second-order valence-electron chi connectivity index (χ2n) is 5.20. The summed E-state index contributed by atoms with van der Waals surface area (Å²) in [5, 5.41) is 2.75. The molecule has 1 aliphatic heterocycles. The third-order valence-electron chi connectivity index (χ3n) is 3.62. The van der Waals surface area contributed by atoms with Crippen molar-refractivity contribution in [3.63, 3.8) is 0 Å². The first kappa shape index (κ1) is 13.4. The topological polar surface area (TPSA) is 49.4 Å². The molecule has 1 N–H and O–H groups in total. The van der Waals surface area contributed by atoms with Gasteiger partial charge in [0.15, 0.2) is 0 Å². The van der Waals surface area contributed by atoms with Crippen LogP contribution in [-0.4, -0.2) is 16.8 Å². The number of aryl methyl sites for hydroxylation is 1. The molecule has 21 heavy (non-hydrogen) atoms. The molecule has 0 radical (unpaired) electrons. The van der Waals surface area contributed by atoms with Crippen LogP contribution in [0.5, 0.6) is 0 Å². The van der Waals surface area contributed by atoms with Crippen LogP contribution in [0.25, 0.3) is 0 Å². The van der Waals surface area contributed by atoms with Gasteiger partial charge in [-0.15, -0.1) is 0 Å². The molecule has 1 fully saturated rings. The van der Waals surface area contributed by atoms with Crippen molar-refractivity contribution in [3.05, 3.63) is 71.3 Å². The molecular weight excluding hydrogens is 264 g/mol. The number of nitrogens with zero attached hydrogens (tertiary/aromatic N) is 1. The van der Waals surface area contributed by atoms with Gasteiger partial charge < -0.3 is 5.32 Å². The highest BCUT2D eigenvalue weighted by Gasteiger charge is 2.38. The van der Waals surface area contributed by atoms with Crippen molar-refractivity contribution in [2.45, 2.75) is 19.5 Å². The SMILES string of the molecule is Cc1ccc(C2NC(=O)N(Cc3ccccc3)C2=O)cc1. The molecule has 2 aromatic carbocycles. The lowest BCUT2D eigenvalue weighted by Crippen LogP contribution is -2.30. The van der Waals surface area contributed by atoms with Gasteiger partial charge in [-0.1, -0.05) is 60.2 Å². The van der Waals surface area contributed by atoms with Gasteiger partial charge in [-0.2, -0.15) is 0 Å². The Kier molecular flexibility index (Phi) is 3.44. The lowest BCUT2D eigenvalue weighted by atomic mass is 10.1. The van der Waals surface area contributed by atoms with Gasteiger partial charge in [0, 0.05) is 0 Å². The Hall–Kier alpha value is -2.62. The van der Waals surface area contributed by atoms with Crippen molar-refractivity contribution in [2.75, 3.05) is 0 Å². The van der Waals surface area contributed by atoms with Crippen molar-refractivity contribution in [1.82, 2.24) is 10.2 Å². The molecule has 1 saturated heterocycles. The quantitative estimate of drug-likeness (QED) is 0.879. The van der Waals surface area contributed by atoms with Crippen LogP contribution in [0.2, 0.25) is 0 Å². The zero-order chi connectivity index (χ0) is 14.8. The van der Waals surface area contributed by atoms with Gasteiger partial charge >= 0.3 is 6.03 Å². The minimum absolute atomic E-state index is 0.201. The van der Waals surface area contributed by atoms with Crippen molar-refractivity contribution in [2.24, 2.45) is 0 Å². The van der Waals surface area contributed by atoms with E-state index in [0.717, 1.165) is 16.7 Å². The average molecular weight is 280 g/mol. The van der Waals surface area contributed by atoms with Crippen molar-refractivity contribution >= 4 is 11.9 Å². The van der Waals surface area contributed by atoms with E-state index in [4.69, 9.17) is 0 Å². The predicted octanol–water partition coefficient (Wildman–Crippen LogP) is 2.79. The fourth-order valence-electron chi connectivity index (χ4n) is 2.42. The number of rotatable bonds is 3. The number of imide groups is 1. The molecule has 4 nitrogen and oxygen atoms in total. The first-order chi connectivity index (χ1) is 10.1. The number of benzene rings is 2. The Balaban J connectivity index is 1.80. The monoisotopic (exact) mass is 280 g/mol. The Morgan fingerprint density at radius 3 is 2.33 bits per heavy atom. The summed E-state index contributed by atoms with van der Waals surface area (Å²) in [6.45, 7) is 2.29. The van der Waals surface area contributed by atoms with E-state index in [1.165, 1.54) is 4.90 Å². The van der Waals surface area contributed by atoms with Crippen LogP contribution in [0, 0.1) is 6.92 Å². The summed E-state index contributed by atoms with van der Waals surface area (Å²) < 4.78 is 0. The van der Waals surface area contributed by atoms with E-state index >= 15 is 0 Å². The summed E-state index contributed by atoms with van der Waals surface area (Å²) in [5.41, 5.74) is 2.87. The minimum atomic E-state index is -0.582. The first-order valence-corrected chi connectivity index (χ1v) is 6.87. The molecule has 0 spiro atoms. The standard InChI is InChI=1S/C17H16N2O2/c1-12-7-9-14(10-8-12)15-16(20)19(17(21)18-15)11-13-5-3-2-4-6-13/h2-10,15H,11H2,1H3,(H,18,21). The fourth-order valence-corrected chi connectivity index (χ4v) is 2.42. The van der Waals surface area contributed by atoms with Crippen LogP contribution in [0.4, 0.5) is 4.79 Å². The van der Waals surface area contributed by atoms with Crippen LogP contribution in [0.1, 0.15) is 22.7 Å². The normalized spacial score (nSPS) is 18.0. The van der Waals surface area contributed by atoms with Crippen molar-refractivity contribution < 1.29 is 9.59 Å². The van der Waals surface area contributed by atoms with Gasteiger partial charge in [0.25, 0.3) is 5.91 Å². The van der Waals surface area contributed by atoms with E-state index in [1.807, 2.05) is 61.5 Å². The van der Waals surface area contributed by atoms with Gasteiger partial charge in [-0.05, 0) is 18.1 Å². The number of hydrogen-bond donors (Lipinski definition) is 1. The largest absolute Gasteiger partial charge is 0.325 e. The molecule has 1 aliphatic rings. The summed E-state index contributed by atoms with van der Waals surface area (Å²) in [6, 6.07) is 16.2. The van der Waals surface area contributed by atoms with Gasteiger partial charge in [0.2, 0.25) is 0 Å². The number of urea groups is 1. The number of nitrogens with one attached hydrogen (secondary N) is 1. The fraction of sp³-hybridized carbons (Fsp3) is 0.176. The number of carbonyl (C=O) groups excluding carboxylic acids is 2. The second-order valence-corrected chi connectivity index (χ2v) is 5.20. The average Bonchev–Trinajstić information content (AvgIpc) is 2.77. The maximum Gasteiger partial charge on any atom is 0.325 e. The lowest BCUT2D eigenvalue weighted by Gasteiger charge is -2.13. The van der Waals surface area contributed by atoms with E-state index in [0.29, 0.717) is 6.54 Å². The Morgan fingerprint density at radius 2 is 1.67 bits per heavy atom. The summed E-state index contributed by atoms with van der Waals surface area (Å²) in [7, 11) is 0. The molecule has 0 aliphatic carbocycles. The molecule has 4 heteroatoms. The van der Waals surface area contributed by atoms with E-state index in [2.05, 4.69) is 5.32 Å². The number of hydrogen-bond acceptors (Lipinski definition) is 2. The molecular formula is C17H16N2O2. The highest BCUT2D eigenvalue weighted by atomic mass is 16.2. The highest BCUT2D eigenvalue weighted by molar-refractivity contribution is 6.04. The first-order valence-electron chi connectivity index (χ1n) is 6.87. The van der Waals surface area contributed by atoms with Crippen LogP contribution >= 0.6 is 0 Å². The summed E-state index contributed by atoms with van der Waals surface area (Å²) in [4.78, 5) is 25.7. The lowest BCUT2D eigenvalue weighted by molar-refractivity contribution is -0.128. The second kappa shape index (κ2) is 5.40. The van der Waals surface area contributed by atoms with Crippen LogP contribution in [-0.2, 0) is 11.3 Å². The molecule has 0 saturated carbocycles. The van der Waals surface area contributed by atoms with E-state index < -0.39 is 6.04 Å². The zero-order valence-electron chi connectivity index (χ0n) is 11.7. The van der Waals surface area contributed by atoms with E-state index in [1.54, 1.807) is 0 Å². The van der Waals surface area contributed by atoms with Crippen LogP contribution < -0.4 is 5.32 Å². The van der Waals surface area contributed by atoms with Gasteiger partial charge in [0.05, 0.1) is 6.54 Å². The third-order valence-corrected chi connectivity index (χ3v) is 3.62. The van der Waals surface area contributed by atoms with Crippen molar-refractivity contribution in [1.29, 1.82) is 0 Å². The van der Waals surface area contributed by atoms with E-state index in [-0.39, 0.29) is 11.9 Å². The Labute approximate surface area is 123 Å². The molecule has 3 rings (SSSR count). The third kappa shape index (κ3) is 2.65. The van der Waals surface area contributed by atoms with Crippen molar-refractivity contribution in [3.8, 4) is 0 Å². The molecule has 0 bridgehead atoms. The molecule has 1 atom stereocenters. The zero-order valence-corrected chi connectivity index (χ0v) is 11.7. The number of amides is 3. The number of carbonyl (C=O) groups is 2. The Morgan fingerprint density at radius 1 is 1.00 bits per heavy atom. The molecule has 2 aromatic rings.